The molecule has 0 bridgehead atoms. The molecular weight excluding hydrogens is 251 g/mol. The van der Waals surface area contributed by atoms with Gasteiger partial charge in [-0.2, -0.15) is 13.2 Å². The summed E-state index contributed by atoms with van der Waals surface area (Å²) in [6.07, 6.45) is 3.08. The number of halogens is 3. The van der Waals surface area contributed by atoms with E-state index in [4.69, 9.17) is 5.73 Å². The summed E-state index contributed by atoms with van der Waals surface area (Å²) < 4.78 is 38.8. The number of alkyl halides is 3. The molecule has 1 aromatic carbocycles. The summed E-state index contributed by atoms with van der Waals surface area (Å²) in [6, 6.07) is 4.14. The van der Waals surface area contributed by atoms with E-state index >= 15 is 0 Å². The Balaban J connectivity index is 2.06. The predicted molar refractivity (Wildman–Crippen MR) is 70.8 cm³/mol. The van der Waals surface area contributed by atoms with E-state index in [0.29, 0.717) is 17.9 Å². The van der Waals surface area contributed by atoms with Crippen molar-refractivity contribution in [3.8, 4) is 0 Å². The average molecular weight is 271 g/mol. The van der Waals surface area contributed by atoms with Crippen LogP contribution in [0.25, 0.3) is 0 Å². The molecule has 0 spiro atoms. The van der Waals surface area contributed by atoms with Crippen molar-refractivity contribution in [2.45, 2.75) is 51.1 Å². The molecule has 0 radical (unpaired) electrons. The molecule has 1 aromatic rings. The first-order chi connectivity index (χ1) is 8.97. The van der Waals surface area contributed by atoms with Gasteiger partial charge in [0.05, 0.1) is 5.56 Å². The molecule has 1 fully saturated rings. The number of hydrogen-bond donors (Lipinski definition) is 1. The molecule has 19 heavy (non-hydrogen) atoms. The molecule has 1 aliphatic carbocycles. The zero-order valence-corrected chi connectivity index (χ0v) is 11.0. The van der Waals surface area contributed by atoms with Crippen LogP contribution in [0, 0.1) is 5.92 Å². The number of rotatable bonds is 3. The Hall–Kier alpha value is -1.19. The van der Waals surface area contributed by atoms with Crippen molar-refractivity contribution in [3.05, 3.63) is 29.3 Å². The van der Waals surface area contributed by atoms with E-state index in [0.717, 1.165) is 25.3 Å². The van der Waals surface area contributed by atoms with E-state index in [1.165, 1.54) is 25.3 Å². The van der Waals surface area contributed by atoms with Crippen molar-refractivity contribution >= 4 is 5.69 Å². The molecule has 1 aliphatic rings. The van der Waals surface area contributed by atoms with Gasteiger partial charge in [-0.15, -0.1) is 0 Å². The van der Waals surface area contributed by atoms with Crippen molar-refractivity contribution < 1.29 is 13.2 Å². The standard InChI is InChI=1S/C15H20F3N/c16-15(17,18)14-10-13(19)9-8-12(14)7-6-11-4-2-1-3-5-11/h8-11H,1-7,19H2. The Morgan fingerprint density at radius 3 is 2.42 bits per heavy atom. The van der Waals surface area contributed by atoms with Crippen LogP contribution in [0.4, 0.5) is 18.9 Å². The maximum absolute atomic E-state index is 12.9. The maximum atomic E-state index is 12.9. The van der Waals surface area contributed by atoms with Gasteiger partial charge in [0.25, 0.3) is 0 Å². The van der Waals surface area contributed by atoms with Crippen molar-refractivity contribution in [3.63, 3.8) is 0 Å². The SMILES string of the molecule is Nc1ccc(CCC2CCCCC2)c(C(F)(F)F)c1. The number of benzene rings is 1. The molecule has 0 heterocycles. The van der Waals surface area contributed by atoms with Crippen LogP contribution in [0.5, 0.6) is 0 Å². The molecule has 4 heteroatoms. The van der Waals surface area contributed by atoms with Crippen molar-refractivity contribution in [1.82, 2.24) is 0 Å². The molecule has 0 aliphatic heterocycles. The Kier molecular flexibility index (Phi) is 4.38. The second-order valence-electron chi connectivity index (χ2n) is 5.46. The molecule has 1 saturated carbocycles. The van der Waals surface area contributed by atoms with Crippen LogP contribution in [-0.2, 0) is 12.6 Å². The molecule has 0 amide bonds. The van der Waals surface area contributed by atoms with Gasteiger partial charge in [-0.05, 0) is 36.5 Å². The lowest BCUT2D eigenvalue weighted by molar-refractivity contribution is -0.138. The number of nitrogens with two attached hydrogens (primary N) is 1. The minimum Gasteiger partial charge on any atom is -0.399 e. The minimum atomic E-state index is -4.31. The fourth-order valence-corrected chi connectivity index (χ4v) is 2.91. The van der Waals surface area contributed by atoms with Gasteiger partial charge in [-0.3, -0.25) is 0 Å². The summed E-state index contributed by atoms with van der Waals surface area (Å²) in [4.78, 5) is 0. The maximum Gasteiger partial charge on any atom is 0.416 e. The molecule has 106 valence electrons. The lowest BCUT2D eigenvalue weighted by Gasteiger charge is -2.22. The third kappa shape index (κ3) is 3.88. The summed E-state index contributed by atoms with van der Waals surface area (Å²) in [7, 11) is 0. The third-order valence-corrected chi connectivity index (χ3v) is 3.99. The summed E-state index contributed by atoms with van der Waals surface area (Å²) in [5.74, 6) is 0.590. The first kappa shape index (κ1) is 14.2. The highest BCUT2D eigenvalue weighted by Gasteiger charge is 2.33. The Morgan fingerprint density at radius 1 is 1.11 bits per heavy atom. The predicted octanol–water partition coefficient (Wildman–Crippen LogP) is 4.80. The van der Waals surface area contributed by atoms with Crippen molar-refractivity contribution in [1.29, 1.82) is 0 Å². The van der Waals surface area contributed by atoms with Gasteiger partial charge in [-0.1, -0.05) is 38.2 Å². The molecule has 2 N–H and O–H groups in total. The summed E-state index contributed by atoms with van der Waals surface area (Å²) in [6.45, 7) is 0. The van der Waals surface area contributed by atoms with Gasteiger partial charge >= 0.3 is 6.18 Å². The average Bonchev–Trinajstić information content (AvgIpc) is 2.37. The third-order valence-electron chi connectivity index (χ3n) is 3.99. The largest absolute Gasteiger partial charge is 0.416 e. The van der Waals surface area contributed by atoms with Crippen LogP contribution in [0.3, 0.4) is 0 Å². The molecule has 0 atom stereocenters. The van der Waals surface area contributed by atoms with Gasteiger partial charge < -0.3 is 5.73 Å². The second-order valence-corrected chi connectivity index (χ2v) is 5.46. The van der Waals surface area contributed by atoms with Crippen LogP contribution >= 0.6 is 0 Å². The van der Waals surface area contributed by atoms with E-state index in [-0.39, 0.29) is 5.69 Å². The van der Waals surface area contributed by atoms with E-state index in [1.807, 2.05) is 0 Å². The molecule has 1 nitrogen and oxygen atoms in total. The summed E-state index contributed by atoms with van der Waals surface area (Å²) in [5.41, 5.74) is 5.45. The zero-order valence-electron chi connectivity index (χ0n) is 11.0. The Bertz CT molecular complexity index is 420. The van der Waals surface area contributed by atoms with Crippen LogP contribution in [-0.4, -0.2) is 0 Å². The highest BCUT2D eigenvalue weighted by molar-refractivity contribution is 5.46. The van der Waals surface area contributed by atoms with Gasteiger partial charge in [0.2, 0.25) is 0 Å². The monoisotopic (exact) mass is 271 g/mol. The van der Waals surface area contributed by atoms with E-state index in [2.05, 4.69) is 0 Å². The van der Waals surface area contributed by atoms with Crippen molar-refractivity contribution in [2.75, 3.05) is 5.73 Å². The fourth-order valence-electron chi connectivity index (χ4n) is 2.91. The van der Waals surface area contributed by atoms with Gasteiger partial charge in [0.15, 0.2) is 0 Å². The molecule has 0 saturated heterocycles. The van der Waals surface area contributed by atoms with Crippen LogP contribution in [0.2, 0.25) is 0 Å². The highest BCUT2D eigenvalue weighted by Crippen LogP contribution is 2.35. The first-order valence-corrected chi connectivity index (χ1v) is 6.92. The lowest BCUT2D eigenvalue weighted by atomic mass is 9.84. The summed E-state index contributed by atoms with van der Waals surface area (Å²) >= 11 is 0. The van der Waals surface area contributed by atoms with Gasteiger partial charge in [0, 0.05) is 5.69 Å². The first-order valence-electron chi connectivity index (χ1n) is 6.92. The van der Waals surface area contributed by atoms with Crippen LogP contribution in [0.15, 0.2) is 18.2 Å². The Morgan fingerprint density at radius 2 is 1.79 bits per heavy atom. The normalized spacial score (nSPS) is 17.6. The van der Waals surface area contributed by atoms with E-state index < -0.39 is 11.7 Å². The lowest BCUT2D eigenvalue weighted by Crippen LogP contribution is -2.12. The van der Waals surface area contributed by atoms with Gasteiger partial charge in [0.1, 0.15) is 0 Å². The molecule has 2 rings (SSSR count). The van der Waals surface area contributed by atoms with E-state index in [9.17, 15) is 13.2 Å². The molecule has 0 aromatic heterocycles. The summed E-state index contributed by atoms with van der Waals surface area (Å²) in [5, 5.41) is 0. The zero-order chi connectivity index (χ0) is 13.9. The molecule has 0 unspecified atom stereocenters. The quantitative estimate of drug-likeness (QED) is 0.785. The topological polar surface area (TPSA) is 26.0 Å². The van der Waals surface area contributed by atoms with E-state index in [1.54, 1.807) is 6.07 Å². The Labute approximate surface area is 112 Å². The minimum absolute atomic E-state index is 0.175. The van der Waals surface area contributed by atoms with Crippen LogP contribution < -0.4 is 5.73 Å². The van der Waals surface area contributed by atoms with Gasteiger partial charge in [-0.25, -0.2) is 0 Å². The second kappa shape index (κ2) is 5.85. The smallest absolute Gasteiger partial charge is 0.399 e. The number of anilines is 1. The van der Waals surface area contributed by atoms with Crippen LogP contribution in [0.1, 0.15) is 49.7 Å². The number of hydrogen-bond acceptors (Lipinski definition) is 1. The fraction of sp³-hybridized carbons (Fsp3) is 0.600. The number of aryl methyl sites for hydroxylation is 1. The highest BCUT2D eigenvalue weighted by atomic mass is 19.4. The molecular formula is C15H20F3N. The number of nitrogen functional groups attached to an aromatic ring is 1. The van der Waals surface area contributed by atoms with Crippen molar-refractivity contribution in [2.24, 2.45) is 5.92 Å².